The third kappa shape index (κ3) is 3.85. The van der Waals surface area contributed by atoms with Gasteiger partial charge in [-0.25, -0.2) is 0 Å². The Bertz CT molecular complexity index is 807. The van der Waals surface area contributed by atoms with E-state index in [1.165, 1.54) is 7.11 Å². The molecule has 0 bridgehead atoms. The first-order valence-corrected chi connectivity index (χ1v) is 8.71. The summed E-state index contributed by atoms with van der Waals surface area (Å²) in [5.41, 5.74) is 1.31. The van der Waals surface area contributed by atoms with Crippen LogP contribution in [0.25, 0.3) is 0 Å². The molecule has 0 N–H and O–H groups in total. The SMILES string of the molecule is COCOc1ccc(OC)cc1C(=O)C1O[C@H]1c1ccc(OC)c(Br)c1. The standard InChI is InChI=1S/C19H19BrO6/c1-22-10-25-15-7-5-12(23-2)9-13(15)17(21)19-18(26-19)11-4-6-16(24-3)14(20)8-11/h4-9,18-19H,10H2,1-3H3/t18-,19?/m0/s1. The van der Waals surface area contributed by atoms with E-state index in [1.807, 2.05) is 18.2 Å². The molecule has 2 aromatic carbocycles. The number of carbonyl (C=O) groups excluding carboxylic acids is 1. The van der Waals surface area contributed by atoms with Crippen molar-refractivity contribution >= 4 is 21.7 Å². The fraction of sp³-hybridized carbons (Fsp3) is 0.316. The van der Waals surface area contributed by atoms with E-state index in [0.29, 0.717) is 17.1 Å². The molecule has 26 heavy (non-hydrogen) atoms. The Morgan fingerprint density at radius 3 is 2.50 bits per heavy atom. The Kier molecular flexibility index (Phi) is 5.80. The molecule has 0 aromatic heterocycles. The van der Waals surface area contributed by atoms with Crippen molar-refractivity contribution < 1.29 is 28.5 Å². The molecule has 2 atom stereocenters. The highest BCUT2D eigenvalue weighted by atomic mass is 79.9. The molecule has 138 valence electrons. The lowest BCUT2D eigenvalue weighted by Crippen LogP contribution is -2.12. The van der Waals surface area contributed by atoms with Gasteiger partial charge < -0.3 is 23.7 Å². The van der Waals surface area contributed by atoms with Gasteiger partial charge in [-0.15, -0.1) is 0 Å². The number of epoxide rings is 1. The van der Waals surface area contributed by atoms with Gasteiger partial charge in [-0.3, -0.25) is 4.79 Å². The normalized spacial score (nSPS) is 18.3. The minimum atomic E-state index is -0.563. The number of ketones is 1. The molecule has 0 radical (unpaired) electrons. The number of methoxy groups -OCH3 is 3. The molecule has 1 fully saturated rings. The van der Waals surface area contributed by atoms with Crippen LogP contribution in [-0.2, 0) is 9.47 Å². The van der Waals surface area contributed by atoms with E-state index in [1.54, 1.807) is 32.4 Å². The molecule has 3 rings (SSSR count). The molecule has 1 heterocycles. The van der Waals surface area contributed by atoms with E-state index >= 15 is 0 Å². The molecular formula is C19H19BrO6. The average Bonchev–Trinajstić information content (AvgIpc) is 3.46. The van der Waals surface area contributed by atoms with Crippen molar-refractivity contribution in [2.75, 3.05) is 28.1 Å². The summed E-state index contributed by atoms with van der Waals surface area (Å²) in [5, 5.41) is 0. The van der Waals surface area contributed by atoms with Crippen LogP contribution in [0.15, 0.2) is 40.9 Å². The zero-order valence-corrected chi connectivity index (χ0v) is 16.2. The van der Waals surface area contributed by atoms with Crippen LogP contribution in [0.2, 0.25) is 0 Å². The number of benzene rings is 2. The fourth-order valence-electron chi connectivity index (χ4n) is 2.65. The largest absolute Gasteiger partial charge is 0.497 e. The number of carbonyl (C=O) groups is 1. The lowest BCUT2D eigenvalue weighted by Gasteiger charge is -2.11. The van der Waals surface area contributed by atoms with E-state index in [-0.39, 0.29) is 18.7 Å². The summed E-state index contributed by atoms with van der Waals surface area (Å²) in [5.74, 6) is 1.57. The van der Waals surface area contributed by atoms with Gasteiger partial charge in [0.25, 0.3) is 0 Å². The lowest BCUT2D eigenvalue weighted by atomic mass is 10.0. The van der Waals surface area contributed by atoms with Crippen molar-refractivity contribution in [2.24, 2.45) is 0 Å². The molecule has 0 saturated carbocycles. The summed E-state index contributed by atoms with van der Waals surface area (Å²) in [6.07, 6.45) is -0.863. The molecule has 1 aliphatic rings. The highest BCUT2D eigenvalue weighted by Gasteiger charge is 2.47. The topological polar surface area (TPSA) is 66.5 Å². The number of halogens is 1. The van der Waals surface area contributed by atoms with Crippen molar-refractivity contribution in [3.63, 3.8) is 0 Å². The van der Waals surface area contributed by atoms with Crippen molar-refractivity contribution in [2.45, 2.75) is 12.2 Å². The molecule has 1 saturated heterocycles. The molecule has 7 heteroatoms. The van der Waals surface area contributed by atoms with Crippen LogP contribution in [-0.4, -0.2) is 40.0 Å². The van der Waals surface area contributed by atoms with E-state index in [4.69, 9.17) is 23.7 Å². The quantitative estimate of drug-likeness (QED) is 0.366. The maximum atomic E-state index is 12.9. The first-order chi connectivity index (χ1) is 12.6. The van der Waals surface area contributed by atoms with Crippen LogP contribution >= 0.6 is 15.9 Å². The van der Waals surface area contributed by atoms with Gasteiger partial charge in [-0.2, -0.15) is 0 Å². The first-order valence-electron chi connectivity index (χ1n) is 7.92. The van der Waals surface area contributed by atoms with Gasteiger partial charge in [0.2, 0.25) is 0 Å². The second kappa shape index (κ2) is 8.07. The average molecular weight is 423 g/mol. The maximum absolute atomic E-state index is 12.9. The van der Waals surface area contributed by atoms with E-state index in [9.17, 15) is 4.79 Å². The number of hydrogen-bond acceptors (Lipinski definition) is 6. The highest BCUT2D eigenvalue weighted by Crippen LogP contribution is 2.44. The van der Waals surface area contributed by atoms with Crippen LogP contribution < -0.4 is 14.2 Å². The third-order valence-corrected chi connectivity index (χ3v) is 4.66. The molecule has 0 amide bonds. The summed E-state index contributed by atoms with van der Waals surface area (Å²) in [6.45, 7) is 0.0486. The molecule has 0 spiro atoms. The lowest BCUT2D eigenvalue weighted by molar-refractivity contribution is 0.0500. The number of rotatable bonds is 8. The van der Waals surface area contributed by atoms with Crippen LogP contribution in [0, 0.1) is 0 Å². The van der Waals surface area contributed by atoms with E-state index < -0.39 is 6.10 Å². The van der Waals surface area contributed by atoms with Gasteiger partial charge in [0.15, 0.2) is 18.7 Å². The Morgan fingerprint density at radius 1 is 1.08 bits per heavy atom. The zero-order chi connectivity index (χ0) is 18.7. The highest BCUT2D eigenvalue weighted by molar-refractivity contribution is 9.10. The zero-order valence-electron chi connectivity index (χ0n) is 14.7. The molecule has 6 nitrogen and oxygen atoms in total. The Morgan fingerprint density at radius 2 is 1.85 bits per heavy atom. The van der Waals surface area contributed by atoms with Gasteiger partial charge >= 0.3 is 0 Å². The molecule has 1 aliphatic heterocycles. The number of Topliss-reactive ketones (excluding diaryl/α,β-unsaturated/α-hetero) is 1. The van der Waals surface area contributed by atoms with Crippen LogP contribution in [0.1, 0.15) is 22.0 Å². The second-order valence-corrected chi connectivity index (χ2v) is 6.50. The smallest absolute Gasteiger partial charge is 0.198 e. The van der Waals surface area contributed by atoms with Gasteiger partial charge in [-0.1, -0.05) is 6.07 Å². The first kappa shape index (κ1) is 18.7. The summed E-state index contributed by atoms with van der Waals surface area (Å²) in [6, 6.07) is 10.7. The summed E-state index contributed by atoms with van der Waals surface area (Å²) in [4.78, 5) is 12.9. The van der Waals surface area contributed by atoms with Gasteiger partial charge in [0.1, 0.15) is 23.4 Å². The summed E-state index contributed by atoms with van der Waals surface area (Å²) >= 11 is 3.45. The van der Waals surface area contributed by atoms with Crippen LogP contribution in [0.3, 0.4) is 0 Å². The van der Waals surface area contributed by atoms with Gasteiger partial charge in [-0.05, 0) is 51.8 Å². The van der Waals surface area contributed by atoms with Gasteiger partial charge in [0, 0.05) is 7.11 Å². The van der Waals surface area contributed by atoms with Crippen LogP contribution in [0.4, 0.5) is 0 Å². The maximum Gasteiger partial charge on any atom is 0.198 e. The van der Waals surface area contributed by atoms with E-state index in [0.717, 1.165) is 15.8 Å². The van der Waals surface area contributed by atoms with Crippen molar-refractivity contribution in [1.29, 1.82) is 0 Å². The minimum Gasteiger partial charge on any atom is -0.497 e. The predicted octanol–water partition coefficient (Wildman–Crippen LogP) is 3.77. The third-order valence-electron chi connectivity index (χ3n) is 4.04. The van der Waals surface area contributed by atoms with E-state index in [2.05, 4.69) is 15.9 Å². The molecule has 1 unspecified atom stereocenters. The second-order valence-electron chi connectivity index (χ2n) is 5.65. The summed E-state index contributed by atoms with van der Waals surface area (Å²) in [7, 11) is 4.67. The van der Waals surface area contributed by atoms with Crippen LogP contribution in [0.5, 0.6) is 17.2 Å². The molecule has 2 aromatic rings. The van der Waals surface area contributed by atoms with Crippen molar-refractivity contribution in [3.8, 4) is 17.2 Å². The predicted molar refractivity (Wildman–Crippen MR) is 98.1 cm³/mol. The van der Waals surface area contributed by atoms with Crippen molar-refractivity contribution in [3.05, 3.63) is 52.0 Å². The fourth-order valence-corrected chi connectivity index (χ4v) is 3.21. The Labute approximate surface area is 160 Å². The Balaban J connectivity index is 1.81. The molecular weight excluding hydrogens is 404 g/mol. The molecule has 0 aliphatic carbocycles. The minimum absolute atomic E-state index is 0.0486. The van der Waals surface area contributed by atoms with Gasteiger partial charge in [0.05, 0.1) is 24.3 Å². The van der Waals surface area contributed by atoms with Crippen molar-refractivity contribution in [1.82, 2.24) is 0 Å². The number of hydrogen-bond donors (Lipinski definition) is 0. The summed E-state index contributed by atoms with van der Waals surface area (Å²) < 4.78 is 27.3. The number of ether oxygens (including phenoxy) is 5. The monoisotopic (exact) mass is 422 g/mol. The Hall–Kier alpha value is -2.09.